The van der Waals surface area contributed by atoms with E-state index in [0.717, 1.165) is 38.9 Å². The molecule has 0 spiro atoms. The van der Waals surface area contributed by atoms with Gasteiger partial charge >= 0.3 is 5.97 Å². The molecule has 0 aromatic heterocycles. The van der Waals surface area contributed by atoms with Gasteiger partial charge in [-0.15, -0.1) is 5.06 Å². The summed E-state index contributed by atoms with van der Waals surface area (Å²) in [5.74, 6) is 0.625. The molecule has 0 bridgehead atoms. The molecule has 0 amide bonds. The lowest BCUT2D eigenvalue weighted by molar-refractivity contribution is -0.194. The van der Waals surface area contributed by atoms with Crippen molar-refractivity contribution in [2.45, 2.75) is 168 Å². The number of carbonyl (C=O) groups is 1. The fraction of sp³-hybridized carbons (Fsp3) is 0.970. The maximum absolute atomic E-state index is 12.7. The summed E-state index contributed by atoms with van der Waals surface area (Å²) >= 11 is 0. The third kappa shape index (κ3) is 26.8. The monoisotopic (exact) mass is 525 g/mol. The first kappa shape index (κ1) is 36.4. The third-order valence-corrected chi connectivity index (χ3v) is 7.62. The molecule has 0 aromatic rings. The van der Waals surface area contributed by atoms with E-state index in [1.807, 2.05) is 5.06 Å². The Hall–Kier alpha value is -0.610. The van der Waals surface area contributed by atoms with Crippen LogP contribution in [0.2, 0.25) is 0 Å². The summed E-state index contributed by atoms with van der Waals surface area (Å²) in [6, 6.07) is 0. The van der Waals surface area contributed by atoms with Crippen LogP contribution in [0, 0.1) is 5.92 Å². The molecule has 222 valence electrons. The zero-order valence-electron chi connectivity index (χ0n) is 26.2. The fourth-order valence-corrected chi connectivity index (χ4v) is 5.20. The maximum atomic E-state index is 12.7. The molecule has 0 aromatic carbocycles. The topological polar surface area (TPSA) is 32.8 Å². The van der Waals surface area contributed by atoms with Crippen LogP contribution >= 0.6 is 0 Å². The number of hydrogen-bond acceptors (Lipinski definition) is 4. The van der Waals surface area contributed by atoms with E-state index in [4.69, 9.17) is 4.84 Å². The highest BCUT2D eigenvalue weighted by molar-refractivity contribution is 5.68. The molecular formula is C33H68N2O2. The van der Waals surface area contributed by atoms with Gasteiger partial charge in [-0.2, -0.15) is 0 Å². The second kappa shape index (κ2) is 28.4. The standard InChI is InChI=1S/C33H68N2O2/c1-6-9-12-15-17-18-19-21-24-28-33(36)37-35(30-25-29-34(4)5)31-32(26-22-14-11-8-3)27-23-20-16-13-10-7-2/h32H,6-31H2,1-5H3. The molecular weight excluding hydrogens is 456 g/mol. The van der Waals surface area contributed by atoms with Crippen molar-refractivity contribution in [2.24, 2.45) is 5.92 Å². The average molecular weight is 525 g/mol. The van der Waals surface area contributed by atoms with Crippen molar-refractivity contribution >= 4 is 5.97 Å². The molecule has 0 saturated carbocycles. The van der Waals surface area contributed by atoms with Gasteiger partial charge in [0.2, 0.25) is 0 Å². The average Bonchev–Trinajstić information content (AvgIpc) is 2.87. The number of hydrogen-bond donors (Lipinski definition) is 0. The normalized spacial score (nSPS) is 12.5. The van der Waals surface area contributed by atoms with Crippen LogP contribution in [0.1, 0.15) is 168 Å². The van der Waals surface area contributed by atoms with Crippen molar-refractivity contribution in [3.05, 3.63) is 0 Å². The molecule has 0 aliphatic carbocycles. The summed E-state index contributed by atoms with van der Waals surface area (Å²) < 4.78 is 0. The number of unbranched alkanes of at least 4 members (excludes halogenated alkanes) is 16. The summed E-state index contributed by atoms with van der Waals surface area (Å²) in [7, 11) is 4.24. The van der Waals surface area contributed by atoms with E-state index in [-0.39, 0.29) is 5.97 Å². The minimum Gasteiger partial charge on any atom is -0.368 e. The minimum absolute atomic E-state index is 0.0166. The Morgan fingerprint density at radius 3 is 1.49 bits per heavy atom. The van der Waals surface area contributed by atoms with Crippen LogP contribution in [0.4, 0.5) is 0 Å². The Morgan fingerprint density at radius 2 is 1.00 bits per heavy atom. The van der Waals surface area contributed by atoms with Crippen LogP contribution in [0.25, 0.3) is 0 Å². The lowest BCUT2D eigenvalue weighted by atomic mass is 9.94. The molecule has 0 rings (SSSR count). The van der Waals surface area contributed by atoms with Gasteiger partial charge in [-0.1, -0.05) is 136 Å². The lowest BCUT2D eigenvalue weighted by Crippen LogP contribution is -2.34. The largest absolute Gasteiger partial charge is 0.368 e. The van der Waals surface area contributed by atoms with Crippen LogP contribution in [-0.2, 0) is 9.63 Å². The molecule has 0 radical (unpaired) electrons. The van der Waals surface area contributed by atoms with Gasteiger partial charge in [-0.05, 0) is 52.2 Å². The number of rotatable bonds is 29. The van der Waals surface area contributed by atoms with Crippen molar-refractivity contribution < 1.29 is 9.63 Å². The van der Waals surface area contributed by atoms with E-state index in [0.29, 0.717) is 12.3 Å². The van der Waals surface area contributed by atoms with E-state index in [9.17, 15) is 4.79 Å². The first-order valence-electron chi connectivity index (χ1n) is 16.6. The minimum atomic E-state index is -0.0166. The Kier molecular flexibility index (Phi) is 27.9. The molecule has 1 atom stereocenters. The molecule has 0 saturated heterocycles. The molecule has 37 heavy (non-hydrogen) atoms. The van der Waals surface area contributed by atoms with Crippen LogP contribution in [0.15, 0.2) is 0 Å². The van der Waals surface area contributed by atoms with Gasteiger partial charge in [0, 0.05) is 19.5 Å². The van der Waals surface area contributed by atoms with Gasteiger partial charge in [0.15, 0.2) is 0 Å². The highest BCUT2D eigenvalue weighted by Gasteiger charge is 2.18. The first-order valence-corrected chi connectivity index (χ1v) is 16.6. The van der Waals surface area contributed by atoms with Crippen LogP contribution < -0.4 is 0 Å². The number of carbonyl (C=O) groups excluding carboxylic acids is 1. The summed E-state index contributed by atoms with van der Waals surface area (Å²) in [6.07, 6.45) is 29.0. The second-order valence-corrected chi connectivity index (χ2v) is 11.9. The van der Waals surface area contributed by atoms with E-state index in [2.05, 4.69) is 39.8 Å². The summed E-state index contributed by atoms with van der Waals surface area (Å²) in [4.78, 5) is 20.9. The van der Waals surface area contributed by atoms with E-state index in [1.165, 1.54) is 122 Å². The zero-order valence-corrected chi connectivity index (χ0v) is 26.2. The second-order valence-electron chi connectivity index (χ2n) is 11.9. The van der Waals surface area contributed by atoms with Gasteiger partial charge < -0.3 is 9.74 Å². The van der Waals surface area contributed by atoms with Crippen molar-refractivity contribution in [3.8, 4) is 0 Å². The molecule has 0 N–H and O–H groups in total. The van der Waals surface area contributed by atoms with Gasteiger partial charge in [0.25, 0.3) is 0 Å². The van der Waals surface area contributed by atoms with Gasteiger partial charge in [-0.3, -0.25) is 4.79 Å². The fourth-order valence-electron chi connectivity index (χ4n) is 5.20. The summed E-state index contributed by atoms with van der Waals surface area (Å²) in [5.41, 5.74) is 0. The van der Waals surface area contributed by atoms with Crippen molar-refractivity contribution in [1.82, 2.24) is 9.96 Å². The predicted octanol–water partition coefficient (Wildman–Crippen LogP) is 9.96. The van der Waals surface area contributed by atoms with Gasteiger partial charge in [0.1, 0.15) is 0 Å². The number of hydroxylamine groups is 2. The van der Waals surface area contributed by atoms with E-state index >= 15 is 0 Å². The van der Waals surface area contributed by atoms with Gasteiger partial charge in [0.05, 0.1) is 0 Å². The molecule has 4 heteroatoms. The molecule has 4 nitrogen and oxygen atoms in total. The maximum Gasteiger partial charge on any atom is 0.325 e. The Labute approximate surface area is 233 Å². The molecule has 0 heterocycles. The zero-order chi connectivity index (χ0) is 27.4. The third-order valence-electron chi connectivity index (χ3n) is 7.62. The smallest absolute Gasteiger partial charge is 0.325 e. The molecule has 0 fully saturated rings. The molecule has 0 aliphatic rings. The SMILES string of the molecule is CCCCCCCCCCCC(=O)ON(CCCN(C)C)CC(CCCCCC)CCCCCCCC. The first-order chi connectivity index (χ1) is 18.0. The van der Waals surface area contributed by atoms with E-state index in [1.54, 1.807) is 0 Å². The number of nitrogens with zero attached hydrogens (tertiary/aromatic N) is 2. The van der Waals surface area contributed by atoms with Crippen LogP contribution in [-0.4, -0.2) is 49.7 Å². The molecule has 1 unspecified atom stereocenters. The Morgan fingerprint density at radius 1 is 0.568 bits per heavy atom. The van der Waals surface area contributed by atoms with Crippen molar-refractivity contribution in [3.63, 3.8) is 0 Å². The molecule has 0 aliphatic heterocycles. The highest BCUT2D eigenvalue weighted by atomic mass is 16.7. The Balaban J connectivity index is 4.58. The lowest BCUT2D eigenvalue weighted by Gasteiger charge is -2.27. The summed E-state index contributed by atoms with van der Waals surface area (Å²) in [6.45, 7) is 9.64. The summed E-state index contributed by atoms with van der Waals surface area (Å²) in [5, 5.41) is 2.04. The van der Waals surface area contributed by atoms with Crippen molar-refractivity contribution in [2.75, 3.05) is 33.7 Å². The predicted molar refractivity (Wildman–Crippen MR) is 163 cm³/mol. The quantitative estimate of drug-likeness (QED) is 0.0719. The van der Waals surface area contributed by atoms with Crippen LogP contribution in [0.3, 0.4) is 0 Å². The van der Waals surface area contributed by atoms with Crippen LogP contribution in [0.5, 0.6) is 0 Å². The van der Waals surface area contributed by atoms with E-state index < -0.39 is 0 Å². The van der Waals surface area contributed by atoms with Gasteiger partial charge in [-0.25, -0.2) is 0 Å². The van der Waals surface area contributed by atoms with Crippen molar-refractivity contribution in [1.29, 1.82) is 0 Å². The highest BCUT2D eigenvalue weighted by Crippen LogP contribution is 2.21. The Bertz CT molecular complexity index is 469.